The van der Waals surface area contributed by atoms with Crippen LogP contribution in [0.15, 0.2) is 24.5 Å². The van der Waals surface area contributed by atoms with Crippen molar-refractivity contribution in [3.63, 3.8) is 0 Å². The summed E-state index contributed by atoms with van der Waals surface area (Å²) in [6.07, 6.45) is 2.59. The number of hydrogen-bond acceptors (Lipinski definition) is 5. The number of likely N-dealkylation sites (tertiary alicyclic amines) is 1. The Morgan fingerprint density at radius 2 is 1.93 bits per heavy atom. The number of piperidine rings is 1. The zero-order chi connectivity index (χ0) is 19.2. The Morgan fingerprint density at radius 3 is 2.61 bits per heavy atom. The molecule has 0 radical (unpaired) electrons. The Hall–Kier alpha value is -1.96. The highest BCUT2D eigenvalue weighted by atomic mass is 35.5. The van der Waals surface area contributed by atoms with E-state index in [1.807, 2.05) is 14.0 Å². The number of aromatic hydroxyl groups is 1. The lowest BCUT2D eigenvalue weighted by Crippen LogP contribution is -2.42. The number of rotatable bonds is 3. The van der Waals surface area contributed by atoms with Crippen LogP contribution in [0.3, 0.4) is 0 Å². The lowest BCUT2D eigenvalue weighted by molar-refractivity contribution is 0.0540. The molecular weight excluding hydrogens is 404 g/mol. The lowest BCUT2D eigenvalue weighted by Gasteiger charge is -2.34. The summed E-state index contributed by atoms with van der Waals surface area (Å²) in [6.45, 7) is 3.55. The highest BCUT2D eigenvalue weighted by Crippen LogP contribution is 2.35. The molecule has 1 fully saturated rings. The van der Waals surface area contributed by atoms with Crippen LogP contribution < -0.4 is 0 Å². The number of hydrogen-bond donors (Lipinski definition) is 1. The third-order valence-corrected chi connectivity index (χ3v) is 5.45. The minimum atomic E-state index is -1.26. The van der Waals surface area contributed by atoms with E-state index in [1.165, 1.54) is 6.07 Å². The Kier molecular flexibility index (Phi) is 5.79. The minimum absolute atomic E-state index is 0. The van der Waals surface area contributed by atoms with Gasteiger partial charge in [-0.1, -0.05) is 11.6 Å². The normalized spacial score (nSPS) is 16.9. The average Bonchev–Trinajstić information content (AvgIpc) is 2.99. The van der Waals surface area contributed by atoms with Gasteiger partial charge in [0.15, 0.2) is 5.65 Å². The van der Waals surface area contributed by atoms with Gasteiger partial charge in [0.25, 0.3) is 0 Å². The maximum Gasteiger partial charge on any atom is 0.182 e. The molecule has 0 amide bonds. The molecule has 0 spiro atoms. The highest BCUT2D eigenvalue weighted by molar-refractivity contribution is 6.31. The van der Waals surface area contributed by atoms with Crippen LogP contribution in [-0.2, 0) is 6.54 Å². The first-order valence-corrected chi connectivity index (χ1v) is 9.28. The van der Waals surface area contributed by atoms with Crippen molar-refractivity contribution in [1.82, 2.24) is 24.6 Å². The van der Waals surface area contributed by atoms with Gasteiger partial charge < -0.3 is 14.6 Å². The summed E-state index contributed by atoms with van der Waals surface area (Å²) >= 11 is 5.97. The van der Waals surface area contributed by atoms with Crippen LogP contribution in [0.25, 0.3) is 22.4 Å². The van der Waals surface area contributed by atoms with Crippen molar-refractivity contribution in [1.29, 1.82) is 0 Å². The highest BCUT2D eigenvalue weighted by Gasteiger charge is 2.34. The van der Waals surface area contributed by atoms with Gasteiger partial charge >= 0.3 is 0 Å². The first kappa shape index (κ1) is 20.8. The van der Waals surface area contributed by atoms with E-state index in [1.54, 1.807) is 23.0 Å². The van der Waals surface area contributed by atoms with E-state index in [0.29, 0.717) is 40.3 Å². The summed E-state index contributed by atoms with van der Waals surface area (Å²) in [6, 6.07) is 4.99. The molecule has 1 aliphatic rings. The number of imidazole rings is 1. The molecule has 28 heavy (non-hydrogen) atoms. The smallest absolute Gasteiger partial charge is 0.182 e. The summed E-state index contributed by atoms with van der Waals surface area (Å²) in [5.41, 5.74) is 1.77. The Bertz CT molecular complexity index is 978. The second-order valence-electron chi connectivity index (χ2n) is 7.38. The van der Waals surface area contributed by atoms with E-state index in [-0.39, 0.29) is 24.7 Å². The Morgan fingerprint density at radius 1 is 1.21 bits per heavy atom. The van der Waals surface area contributed by atoms with Crippen molar-refractivity contribution in [2.75, 3.05) is 20.1 Å². The first-order valence-electron chi connectivity index (χ1n) is 8.90. The molecule has 0 aliphatic carbocycles. The van der Waals surface area contributed by atoms with Gasteiger partial charge in [-0.3, -0.25) is 0 Å². The molecular formula is C19H22Cl2FN5O. The van der Waals surface area contributed by atoms with Crippen LogP contribution in [0.4, 0.5) is 4.39 Å². The van der Waals surface area contributed by atoms with Crippen molar-refractivity contribution in [3.8, 4) is 17.0 Å². The summed E-state index contributed by atoms with van der Waals surface area (Å²) in [4.78, 5) is 6.50. The molecule has 9 heteroatoms. The largest absolute Gasteiger partial charge is 0.507 e. The van der Waals surface area contributed by atoms with E-state index in [2.05, 4.69) is 20.1 Å². The van der Waals surface area contributed by atoms with Crippen LogP contribution in [0.2, 0.25) is 5.02 Å². The number of alkyl halides is 1. The van der Waals surface area contributed by atoms with E-state index >= 15 is 4.39 Å². The average molecular weight is 426 g/mol. The summed E-state index contributed by atoms with van der Waals surface area (Å²) in [5, 5.41) is 19.2. The topological polar surface area (TPSA) is 67.1 Å². The van der Waals surface area contributed by atoms with E-state index in [9.17, 15) is 5.11 Å². The van der Waals surface area contributed by atoms with Gasteiger partial charge in [-0.15, -0.1) is 22.6 Å². The maximum absolute atomic E-state index is 15.2. The van der Waals surface area contributed by atoms with Gasteiger partial charge in [0.05, 0.1) is 18.6 Å². The SMILES string of the molecule is Cc1cc(Cl)cc(O)c1-c1cc2ncn(CC3(F)CCN(C)CC3)c2nn1.Cl. The van der Waals surface area contributed by atoms with Crippen LogP contribution in [0, 0.1) is 6.92 Å². The van der Waals surface area contributed by atoms with Crippen molar-refractivity contribution in [3.05, 3.63) is 35.1 Å². The molecule has 0 bridgehead atoms. The number of phenols is 1. The van der Waals surface area contributed by atoms with E-state index in [0.717, 1.165) is 18.7 Å². The molecule has 3 heterocycles. The Labute approximate surface area is 173 Å². The van der Waals surface area contributed by atoms with Crippen LogP contribution in [0.5, 0.6) is 5.75 Å². The molecule has 6 nitrogen and oxygen atoms in total. The van der Waals surface area contributed by atoms with Crippen molar-refractivity contribution in [2.45, 2.75) is 32.0 Å². The number of benzene rings is 1. The monoisotopic (exact) mass is 425 g/mol. The summed E-state index contributed by atoms with van der Waals surface area (Å²) < 4.78 is 16.9. The fraction of sp³-hybridized carbons (Fsp3) is 0.421. The van der Waals surface area contributed by atoms with Crippen molar-refractivity contribution in [2.24, 2.45) is 0 Å². The van der Waals surface area contributed by atoms with Gasteiger partial charge in [-0.25, -0.2) is 9.37 Å². The van der Waals surface area contributed by atoms with E-state index < -0.39 is 5.67 Å². The number of phenolic OH excluding ortho intramolecular Hbond substituents is 1. The van der Waals surface area contributed by atoms with Crippen molar-refractivity contribution >= 4 is 35.2 Å². The quantitative estimate of drug-likeness (QED) is 0.686. The third-order valence-electron chi connectivity index (χ3n) is 5.24. The van der Waals surface area contributed by atoms with Crippen LogP contribution >= 0.6 is 24.0 Å². The lowest BCUT2D eigenvalue weighted by atomic mass is 9.93. The fourth-order valence-electron chi connectivity index (χ4n) is 3.64. The molecule has 1 N–H and O–H groups in total. The molecule has 2 aromatic heterocycles. The van der Waals surface area contributed by atoms with E-state index in [4.69, 9.17) is 11.6 Å². The molecule has 1 aliphatic heterocycles. The molecule has 0 unspecified atom stereocenters. The molecule has 0 atom stereocenters. The molecule has 0 saturated carbocycles. The van der Waals surface area contributed by atoms with Gasteiger partial charge in [0.2, 0.25) is 0 Å². The zero-order valence-electron chi connectivity index (χ0n) is 15.7. The number of fused-ring (bicyclic) bond motifs is 1. The summed E-state index contributed by atoms with van der Waals surface area (Å²) in [7, 11) is 2.01. The molecule has 1 saturated heterocycles. The number of aromatic nitrogens is 4. The molecule has 3 aromatic rings. The fourth-order valence-corrected chi connectivity index (χ4v) is 3.91. The summed E-state index contributed by atoms with van der Waals surface area (Å²) in [5.74, 6) is 0.0436. The van der Waals surface area contributed by atoms with Gasteiger partial charge in [-0.2, -0.15) is 0 Å². The maximum atomic E-state index is 15.2. The third kappa shape index (κ3) is 3.92. The molecule has 1 aromatic carbocycles. The van der Waals surface area contributed by atoms with Gasteiger partial charge in [0, 0.05) is 23.7 Å². The predicted molar refractivity (Wildman–Crippen MR) is 110 cm³/mol. The molecule has 4 rings (SSSR count). The minimum Gasteiger partial charge on any atom is -0.507 e. The number of nitrogens with zero attached hydrogens (tertiary/aromatic N) is 5. The number of halogens is 3. The predicted octanol–water partition coefficient (Wildman–Crippen LogP) is 4.02. The number of aryl methyl sites for hydroxylation is 1. The first-order chi connectivity index (χ1) is 12.8. The second kappa shape index (κ2) is 7.81. The molecule has 150 valence electrons. The van der Waals surface area contributed by atoms with Crippen LogP contribution in [0.1, 0.15) is 18.4 Å². The standard InChI is InChI=1S/C19H21ClFN5O.ClH/c1-12-7-13(20)8-16(27)17(12)14-9-15-18(24-23-14)26(11-22-15)10-19(21)3-5-25(2)6-4-19;/h7-9,11,27H,3-6,10H2,1-2H3;1H. The Balaban J connectivity index is 0.00000225. The van der Waals surface area contributed by atoms with Crippen LogP contribution in [-0.4, -0.2) is 55.6 Å². The van der Waals surface area contributed by atoms with Gasteiger partial charge in [0.1, 0.15) is 16.9 Å². The zero-order valence-corrected chi connectivity index (χ0v) is 17.3. The van der Waals surface area contributed by atoms with Gasteiger partial charge in [-0.05, 0) is 50.6 Å². The second-order valence-corrected chi connectivity index (χ2v) is 7.82. The van der Waals surface area contributed by atoms with Crippen molar-refractivity contribution < 1.29 is 9.50 Å².